The zero-order valence-corrected chi connectivity index (χ0v) is 11.8. The van der Waals surface area contributed by atoms with Crippen LogP contribution in [0.3, 0.4) is 0 Å². The minimum atomic E-state index is -0.0783. The summed E-state index contributed by atoms with van der Waals surface area (Å²) in [6, 6.07) is 14.9. The van der Waals surface area contributed by atoms with Crippen molar-refractivity contribution in [1.82, 2.24) is 0 Å². The third-order valence-electron chi connectivity index (χ3n) is 2.41. The van der Waals surface area contributed by atoms with Gasteiger partial charge in [0.2, 0.25) is 5.91 Å². The van der Waals surface area contributed by atoms with Crippen LogP contribution in [0, 0.1) is 0 Å². The molecule has 0 bridgehead atoms. The molecule has 0 aliphatic carbocycles. The third-order valence-corrected chi connectivity index (χ3v) is 3.22. The number of amides is 1. The molecule has 0 aliphatic heterocycles. The summed E-state index contributed by atoms with van der Waals surface area (Å²) in [5, 5.41) is 3.31. The first-order valence-corrected chi connectivity index (χ1v) is 6.61. The van der Waals surface area contributed by atoms with Crippen molar-refractivity contribution >= 4 is 39.1 Å². The van der Waals surface area contributed by atoms with Crippen molar-refractivity contribution in [2.75, 3.05) is 5.32 Å². The van der Waals surface area contributed by atoms with Crippen molar-refractivity contribution < 1.29 is 4.79 Å². The van der Waals surface area contributed by atoms with Crippen LogP contribution in [0.5, 0.6) is 0 Å². The van der Waals surface area contributed by atoms with E-state index in [9.17, 15) is 4.79 Å². The standard InChI is InChI=1S/C14H11BrClNO/c15-11-6-7-13(12(16)9-11)17-14(18)8-10-4-2-1-3-5-10/h1-7,9H,8H2,(H,17,18). The second-order valence-corrected chi connectivity index (χ2v) is 5.16. The number of halogens is 2. The largest absolute Gasteiger partial charge is 0.324 e. The molecule has 2 aromatic rings. The zero-order chi connectivity index (χ0) is 13.0. The molecule has 1 N–H and O–H groups in total. The third kappa shape index (κ3) is 3.59. The molecular weight excluding hydrogens is 314 g/mol. The van der Waals surface area contributed by atoms with Gasteiger partial charge in [0.05, 0.1) is 17.1 Å². The molecule has 0 aliphatic rings. The van der Waals surface area contributed by atoms with Crippen LogP contribution < -0.4 is 5.32 Å². The Labute approximate surface area is 119 Å². The Balaban J connectivity index is 2.03. The number of carbonyl (C=O) groups is 1. The Morgan fingerprint density at radius 2 is 1.89 bits per heavy atom. The highest BCUT2D eigenvalue weighted by molar-refractivity contribution is 9.10. The van der Waals surface area contributed by atoms with E-state index in [1.807, 2.05) is 36.4 Å². The average molecular weight is 325 g/mol. The fourth-order valence-corrected chi connectivity index (χ4v) is 2.29. The molecule has 0 aromatic heterocycles. The normalized spacial score (nSPS) is 10.1. The summed E-state index contributed by atoms with van der Waals surface area (Å²) in [4.78, 5) is 11.8. The Hall–Kier alpha value is -1.32. The van der Waals surface area contributed by atoms with Gasteiger partial charge in [0, 0.05) is 4.47 Å². The Bertz CT molecular complexity index is 557. The lowest BCUT2D eigenvalue weighted by atomic mass is 10.1. The topological polar surface area (TPSA) is 29.1 Å². The molecule has 0 radical (unpaired) electrons. The smallest absolute Gasteiger partial charge is 0.228 e. The van der Waals surface area contributed by atoms with E-state index in [2.05, 4.69) is 21.2 Å². The summed E-state index contributed by atoms with van der Waals surface area (Å²) in [5.41, 5.74) is 1.60. The predicted molar refractivity (Wildman–Crippen MR) is 77.9 cm³/mol. The number of hydrogen-bond acceptors (Lipinski definition) is 1. The molecule has 4 heteroatoms. The van der Waals surface area contributed by atoms with Gasteiger partial charge in [0.25, 0.3) is 0 Å². The maximum absolute atomic E-state index is 11.8. The molecule has 0 saturated heterocycles. The molecule has 0 heterocycles. The lowest BCUT2D eigenvalue weighted by Gasteiger charge is -2.07. The number of benzene rings is 2. The predicted octanol–water partition coefficient (Wildman–Crippen LogP) is 4.28. The summed E-state index contributed by atoms with van der Waals surface area (Å²) in [6.45, 7) is 0. The molecule has 1 amide bonds. The van der Waals surface area contributed by atoms with Gasteiger partial charge in [-0.2, -0.15) is 0 Å². The minimum Gasteiger partial charge on any atom is -0.324 e. The molecule has 18 heavy (non-hydrogen) atoms. The van der Waals surface area contributed by atoms with Gasteiger partial charge in [-0.1, -0.05) is 57.9 Å². The highest BCUT2D eigenvalue weighted by Crippen LogP contribution is 2.25. The molecule has 2 nitrogen and oxygen atoms in total. The monoisotopic (exact) mass is 323 g/mol. The second kappa shape index (κ2) is 6.03. The van der Waals surface area contributed by atoms with E-state index in [1.165, 1.54) is 0 Å². The lowest BCUT2D eigenvalue weighted by molar-refractivity contribution is -0.115. The Morgan fingerprint density at radius 1 is 1.17 bits per heavy atom. The van der Waals surface area contributed by atoms with Gasteiger partial charge in [-0.3, -0.25) is 4.79 Å². The van der Waals surface area contributed by atoms with Gasteiger partial charge in [0.15, 0.2) is 0 Å². The van der Waals surface area contributed by atoms with Crippen molar-refractivity contribution in [3.63, 3.8) is 0 Å². The van der Waals surface area contributed by atoms with E-state index in [-0.39, 0.29) is 5.91 Å². The highest BCUT2D eigenvalue weighted by Gasteiger charge is 2.06. The second-order valence-electron chi connectivity index (χ2n) is 3.83. The average Bonchev–Trinajstić information content (AvgIpc) is 2.34. The van der Waals surface area contributed by atoms with Gasteiger partial charge in [0.1, 0.15) is 0 Å². The fraction of sp³-hybridized carbons (Fsp3) is 0.0714. The van der Waals surface area contributed by atoms with E-state index < -0.39 is 0 Å². The van der Waals surface area contributed by atoms with Crippen LogP contribution in [-0.4, -0.2) is 5.91 Å². The molecule has 0 fully saturated rings. The van der Waals surface area contributed by atoms with Gasteiger partial charge in [-0.25, -0.2) is 0 Å². The quantitative estimate of drug-likeness (QED) is 0.897. The van der Waals surface area contributed by atoms with Crippen LogP contribution in [0.25, 0.3) is 0 Å². The SMILES string of the molecule is O=C(Cc1ccccc1)Nc1ccc(Br)cc1Cl. The van der Waals surface area contributed by atoms with E-state index >= 15 is 0 Å². The van der Waals surface area contributed by atoms with E-state index in [0.717, 1.165) is 10.0 Å². The first-order valence-electron chi connectivity index (χ1n) is 5.44. The first kappa shape index (κ1) is 13.1. The summed E-state index contributed by atoms with van der Waals surface area (Å²) in [7, 11) is 0. The lowest BCUT2D eigenvalue weighted by Crippen LogP contribution is -2.14. The first-order chi connectivity index (χ1) is 8.65. The van der Waals surface area contributed by atoms with Crippen molar-refractivity contribution in [2.45, 2.75) is 6.42 Å². The molecule has 0 unspecified atom stereocenters. The number of carbonyl (C=O) groups excluding carboxylic acids is 1. The van der Waals surface area contributed by atoms with Crippen molar-refractivity contribution in [1.29, 1.82) is 0 Å². The zero-order valence-electron chi connectivity index (χ0n) is 9.49. The number of hydrogen-bond donors (Lipinski definition) is 1. The van der Waals surface area contributed by atoms with Crippen LogP contribution >= 0.6 is 27.5 Å². The highest BCUT2D eigenvalue weighted by atomic mass is 79.9. The van der Waals surface area contributed by atoms with Crippen LogP contribution in [0.4, 0.5) is 5.69 Å². The maximum atomic E-state index is 11.8. The molecular formula is C14H11BrClNO. The summed E-state index contributed by atoms with van der Waals surface area (Å²) < 4.78 is 0.883. The van der Waals surface area contributed by atoms with E-state index in [4.69, 9.17) is 11.6 Å². The van der Waals surface area contributed by atoms with Crippen LogP contribution in [0.1, 0.15) is 5.56 Å². The van der Waals surface area contributed by atoms with Gasteiger partial charge in [-0.15, -0.1) is 0 Å². The molecule has 0 atom stereocenters. The van der Waals surface area contributed by atoms with E-state index in [1.54, 1.807) is 12.1 Å². The van der Waals surface area contributed by atoms with Crippen LogP contribution in [0.2, 0.25) is 5.02 Å². The van der Waals surface area contributed by atoms with Gasteiger partial charge >= 0.3 is 0 Å². The molecule has 92 valence electrons. The number of anilines is 1. The van der Waals surface area contributed by atoms with Crippen molar-refractivity contribution in [2.24, 2.45) is 0 Å². The van der Waals surface area contributed by atoms with Crippen LogP contribution in [0.15, 0.2) is 53.0 Å². The number of rotatable bonds is 3. The van der Waals surface area contributed by atoms with Gasteiger partial charge < -0.3 is 5.32 Å². The number of nitrogens with one attached hydrogen (secondary N) is 1. The van der Waals surface area contributed by atoms with Crippen molar-refractivity contribution in [3.8, 4) is 0 Å². The molecule has 0 saturated carbocycles. The Kier molecular flexibility index (Phi) is 4.39. The fourth-order valence-electron chi connectivity index (χ4n) is 1.57. The van der Waals surface area contributed by atoms with Crippen molar-refractivity contribution in [3.05, 3.63) is 63.6 Å². The summed E-state index contributed by atoms with van der Waals surface area (Å²) >= 11 is 9.35. The molecule has 0 spiro atoms. The molecule has 2 rings (SSSR count). The minimum absolute atomic E-state index is 0.0783. The van der Waals surface area contributed by atoms with Gasteiger partial charge in [-0.05, 0) is 23.8 Å². The maximum Gasteiger partial charge on any atom is 0.228 e. The summed E-state index contributed by atoms with van der Waals surface area (Å²) in [6.07, 6.45) is 0.341. The summed E-state index contributed by atoms with van der Waals surface area (Å²) in [5.74, 6) is -0.0783. The van der Waals surface area contributed by atoms with Crippen LogP contribution in [-0.2, 0) is 11.2 Å². The molecule has 2 aromatic carbocycles. The van der Waals surface area contributed by atoms with E-state index in [0.29, 0.717) is 17.1 Å². The Morgan fingerprint density at radius 3 is 2.56 bits per heavy atom.